The molecule has 0 fully saturated rings. The molecule has 4 rings (SSSR count). The zero-order valence-corrected chi connectivity index (χ0v) is 23.1. The number of hydrogen-bond donors (Lipinski definition) is 0. The van der Waals surface area contributed by atoms with Gasteiger partial charge in [0.05, 0.1) is 0 Å². The summed E-state index contributed by atoms with van der Waals surface area (Å²) in [6.07, 6.45) is 8.81. The van der Waals surface area contributed by atoms with Crippen LogP contribution in [0.25, 0.3) is 0 Å². The summed E-state index contributed by atoms with van der Waals surface area (Å²) in [4.78, 5) is 0. The van der Waals surface area contributed by atoms with Crippen LogP contribution in [0.1, 0.15) is 39.1 Å². The molecule has 0 spiro atoms. The quantitative estimate of drug-likeness (QED) is 0.130. The first-order valence-corrected chi connectivity index (χ1v) is 16.5. The van der Waals surface area contributed by atoms with Gasteiger partial charge in [-0.2, -0.15) is 0 Å². The molecular weight excluding hydrogens is 480 g/mol. The maximum atomic E-state index is 4.48. The molecule has 0 nitrogen and oxygen atoms in total. The molecule has 184 valence electrons. The number of rotatable bonds is 12. The van der Waals surface area contributed by atoms with Gasteiger partial charge in [-0.15, -0.1) is 0 Å². The van der Waals surface area contributed by atoms with Crippen molar-refractivity contribution in [1.82, 2.24) is 0 Å². The van der Waals surface area contributed by atoms with Gasteiger partial charge >= 0.3 is 228 Å². The Morgan fingerprint density at radius 3 is 0.703 bits per heavy atom. The maximum absolute atomic E-state index is 4.48. The van der Waals surface area contributed by atoms with Crippen molar-refractivity contribution in [2.75, 3.05) is 0 Å². The van der Waals surface area contributed by atoms with E-state index in [9.17, 15) is 0 Å². The molecule has 0 saturated heterocycles. The van der Waals surface area contributed by atoms with Crippen LogP contribution in [0, 0.1) is 0 Å². The van der Waals surface area contributed by atoms with Gasteiger partial charge < -0.3 is 0 Å². The van der Waals surface area contributed by atoms with Crippen LogP contribution >= 0.6 is 0 Å². The van der Waals surface area contributed by atoms with E-state index in [1.54, 1.807) is 0 Å². The fourth-order valence-corrected chi connectivity index (χ4v) is 17.3. The van der Waals surface area contributed by atoms with Crippen molar-refractivity contribution in [2.24, 2.45) is 0 Å². The fraction of sp³-hybridized carbons (Fsp3) is 0.111. The van der Waals surface area contributed by atoms with Crippen molar-refractivity contribution in [3.05, 3.63) is 194 Å². The standard InChI is InChI=1S/4C9H9.Ti/c4*1-2-6-9-7-4-3-5-8-9;/h4*2-8H,1H2;. The third kappa shape index (κ3) is 5.19. The van der Waals surface area contributed by atoms with Crippen LogP contribution in [0.2, 0.25) is 0 Å². The van der Waals surface area contributed by atoms with E-state index in [2.05, 4.69) is 172 Å². The normalized spacial score (nSPS) is 15.8. The summed E-state index contributed by atoms with van der Waals surface area (Å²) in [6.45, 7) is 17.9. The molecule has 0 aliphatic carbocycles. The fourth-order valence-electron chi connectivity index (χ4n) is 6.32. The van der Waals surface area contributed by atoms with E-state index in [-0.39, 0.29) is 16.9 Å². The van der Waals surface area contributed by atoms with Crippen molar-refractivity contribution < 1.29 is 16.6 Å². The minimum absolute atomic E-state index is 0.149. The molecule has 4 atom stereocenters. The van der Waals surface area contributed by atoms with Crippen LogP contribution in [-0.2, 0) is 16.6 Å². The van der Waals surface area contributed by atoms with Gasteiger partial charge in [-0.3, -0.25) is 0 Å². The van der Waals surface area contributed by atoms with E-state index in [4.69, 9.17) is 0 Å². The predicted molar refractivity (Wildman–Crippen MR) is 158 cm³/mol. The third-order valence-corrected chi connectivity index (χ3v) is 18.0. The summed E-state index contributed by atoms with van der Waals surface area (Å²) in [6, 6.07) is 43.5. The summed E-state index contributed by atoms with van der Waals surface area (Å²) in [5.41, 5.74) is 5.19. The first-order valence-electron chi connectivity index (χ1n) is 12.9. The van der Waals surface area contributed by atoms with Crippen molar-refractivity contribution in [2.45, 2.75) is 16.9 Å². The van der Waals surface area contributed by atoms with Crippen molar-refractivity contribution >= 4 is 0 Å². The van der Waals surface area contributed by atoms with E-state index in [1.165, 1.54) is 22.3 Å². The Morgan fingerprint density at radius 2 is 0.541 bits per heavy atom. The second kappa shape index (κ2) is 12.7. The molecular formula is C36H36Ti. The minimum atomic E-state index is -3.54. The SMILES string of the molecule is C=C[CH](c1ccccc1)[Ti]([CH](C=C)c1ccccc1)([CH](C=C)c1ccccc1)[CH](C=C)c1ccccc1. The van der Waals surface area contributed by atoms with Gasteiger partial charge in [-0.1, -0.05) is 0 Å². The topological polar surface area (TPSA) is 0 Å². The number of allylic oxidation sites excluding steroid dienone is 4. The summed E-state index contributed by atoms with van der Waals surface area (Å²) >= 11 is -3.54. The Labute approximate surface area is 226 Å². The van der Waals surface area contributed by atoms with Gasteiger partial charge in [0.25, 0.3) is 0 Å². The summed E-state index contributed by atoms with van der Waals surface area (Å²) in [7, 11) is 0. The second-order valence-electron chi connectivity index (χ2n) is 9.50. The Morgan fingerprint density at radius 1 is 0.351 bits per heavy atom. The van der Waals surface area contributed by atoms with Gasteiger partial charge in [0.1, 0.15) is 0 Å². The second-order valence-corrected chi connectivity index (χ2v) is 16.5. The zero-order chi connectivity index (χ0) is 26.1. The molecule has 0 radical (unpaired) electrons. The van der Waals surface area contributed by atoms with E-state index >= 15 is 0 Å². The van der Waals surface area contributed by atoms with Gasteiger partial charge in [0.15, 0.2) is 0 Å². The van der Waals surface area contributed by atoms with Crippen LogP contribution in [0.4, 0.5) is 0 Å². The summed E-state index contributed by atoms with van der Waals surface area (Å²) in [5.74, 6) is 0. The molecule has 0 aliphatic rings. The van der Waals surface area contributed by atoms with Crippen LogP contribution in [0.15, 0.2) is 172 Å². The van der Waals surface area contributed by atoms with Crippen LogP contribution in [0.5, 0.6) is 0 Å². The van der Waals surface area contributed by atoms with Gasteiger partial charge in [0, 0.05) is 0 Å². The van der Waals surface area contributed by atoms with Crippen LogP contribution in [-0.4, -0.2) is 0 Å². The Balaban J connectivity index is 2.17. The molecule has 4 aromatic rings. The average molecular weight is 517 g/mol. The van der Waals surface area contributed by atoms with Gasteiger partial charge in [0.2, 0.25) is 0 Å². The molecule has 4 aromatic carbocycles. The first-order chi connectivity index (χ1) is 18.2. The molecule has 1 heteroatoms. The van der Waals surface area contributed by atoms with Crippen LogP contribution < -0.4 is 0 Å². The van der Waals surface area contributed by atoms with Crippen molar-refractivity contribution in [3.63, 3.8) is 0 Å². The molecule has 37 heavy (non-hydrogen) atoms. The Bertz CT molecular complexity index is 1080. The van der Waals surface area contributed by atoms with E-state index in [0.717, 1.165) is 0 Å². The van der Waals surface area contributed by atoms with Crippen molar-refractivity contribution in [1.29, 1.82) is 0 Å². The average Bonchev–Trinajstić information content (AvgIpc) is 2.97. The Hall–Kier alpha value is -3.45. The van der Waals surface area contributed by atoms with E-state index in [0.29, 0.717) is 0 Å². The van der Waals surface area contributed by atoms with Crippen molar-refractivity contribution in [3.8, 4) is 0 Å². The van der Waals surface area contributed by atoms with Gasteiger partial charge in [-0.25, -0.2) is 0 Å². The Kier molecular flexibility index (Phi) is 9.12. The molecule has 0 heterocycles. The monoisotopic (exact) mass is 516 g/mol. The molecule has 4 unspecified atom stereocenters. The molecule has 0 amide bonds. The molecule has 0 N–H and O–H groups in total. The van der Waals surface area contributed by atoms with Crippen LogP contribution in [0.3, 0.4) is 0 Å². The third-order valence-electron chi connectivity index (χ3n) is 7.73. The number of hydrogen-bond acceptors (Lipinski definition) is 0. The first kappa shape index (κ1) is 26.6. The van der Waals surface area contributed by atoms with Gasteiger partial charge in [-0.05, 0) is 0 Å². The molecule has 0 saturated carbocycles. The zero-order valence-electron chi connectivity index (χ0n) is 21.5. The van der Waals surface area contributed by atoms with E-state index < -0.39 is 16.6 Å². The molecule has 0 bridgehead atoms. The number of benzene rings is 4. The molecule has 0 aliphatic heterocycles. The summed E-state index contributed by atoms with van der Waals surface area (Å²) < 4.78 is 0.596. The predicted octanol–water partition coefficient (Wildman–Crippen LogP) is 9.85. The van der Waals surface area contributed by atoms with E-state index in [1.807, 2.05) is 0 Å². The molecule has 0 aromatic heterocycles. The summed E-state index contributed by atoms with van der Waals surface area (Å²) in [5, 5.41) is 0.